The molecular weight excluding hydrogens is 268 g/mol. The third-order valence-electron chi connectivity index (χ3n) is 2.84. The van der Waals surface area contributed by atoms with Crippen molar-refractivity contribution in [2.24, 2.45) is 0 Å². The van der Waals surface area contributed by atoms with E-state index in [9.17, 15) is 10.0 Å². The van der Waals surface area contributed by atoms with E-state index in [1.807, 2.05) is 25.2 Å². The summed E-state index contributed by atoms with van der Waals surface area (Å²) < 4.78 is 0.512. The van der Waals surface area contributed by atoms with Gasteiger partial charge >= 0.3 is 0 Å². The van der Waals surface area contributed by atoms with E-state index in [2.05, 4.69) is 21.9 Å². The number of nitrogens with one attached hydrogen (secondary N) is 1. The fourth-order valence-corrected chi connectivity index (χ4v) is 1.79. The summed E-state index contributed by atoms with van der Waals surface area (Å²) in [6.07, 6.45) is 10.2. The topological polar surface area (TPSA) is 80.0 Å². The van der Waals surface area contributed by atoms with Crippen molar-refractivity contribution in [1.29, 1.82) is 0 Å². The van der Waals surface area contributed by atoms with E-state index in [1.165, 1.54) is 12.4 Å². The second-order valence-electron chi connectivity index (χ2n) is 4.46. The number of fused-ring (bicyclic) bond motifs is 1. The SMILES string of the molecule is C=C/C=C\C=C(/C)CNc1cc(=O)n(O)c2ncncc12. The Labute approximate surface area is 121 Å². The van der Waals surface area contributed by atoms with E-state index in [-0.39, 0.29) is 5.65 Å². The lowest BCUT2D eigenvalue weighted by molar-refractivity contribution is 0.186. The van der Waals surface area contributed by atoms with Gasteiger partial charge in [0.25, 0.3) is 5.56 Å². The zero-order chi connectivity index (χ0) is 15.2. The normalized spacial score (nSPS) is 12.0. The largest absolute Gasteiger partial charge is 0.423 e. The van der Waals surface area contributed by atoms with Crippen molar-refractivity contribution in [1.82, 2.24) is 14.7 Å². The van der Waals surface area contributed by atoms with Gasteiger partial charge < -0.3 is 10.5 Å². The second kappa shape index (κ2) is 6.51. The van der Waals surface area contributed by atoms with Crippen molar-refractivity contribution in [2.45, 2.75) is 6.92 Å². The Bertz CT molecular complexity index is 775. The highest BCUT2D eigenvalue weighted by molar-refractivity contribution is 5.87. The zero-order valence-electron chi connectivity index (χ0n) is 11.7. The molecule has 2 aromatic rings. The maximum Gasteiger partial charge on any atom is 0.286 e. The first-order chi connectivity index (χ1) is 10.1. The average Bonchev–Trinajstić information content (AvgIpc) is 2.50. The van der Waals surface area contributed by atoms with Crippen LogP contribution in [0.4, 0.5) is 5.69 Å². The second-order valence-corrected chi connectivity index (χ2v) is 4.46. The highest BCUT2D eigenvalue weighted by atomic mass is 16.5. The molecule has 108 valence electrons. The summed E-state index contributed by atoms with van der Waals surface area (Å²) in [5.74, 6) is 0. The molecule has 6 nitrogen and oxygen atoms in total. The minimum atomic E-state index is -0.545. The number of pyridine rings is 1. The fraction of sp³-hybridized carbons (Fsp3) is 0.133. The summed E-state index contributed by atoms with van der Waals surface area (Å²) in [7, 11) is 0. The molecule has 2 rings (SSSR count). The minimum absolute atomic E-state index is 0.174. The summed E-state index contributed by atoms with van der Waals surface area (Å²) in [6.45, 7) is 6.12. The van der Waals surface area contributed by atoms with Gasteiger partial charge in [-0.1, -0.05) is 36.5 Å². The van der Waals surface area contributed by atoms with Gasteiger partial charge in [-0.2, -0.15) is 0 Å². The van der Waals surface area contributed by atoms with Crippen LogP contribution in [0.3, 0.4) is 0 Å². The molecule has 0 unspecified atom stereocenters. The van der Waals surface area contributed by atoms with E-state index in [1.54, 1.807) is 12.3 Å². The molecule has 0 aliphatic rings. The molecule has 0 radical (unpaired) electrons. The fourth-order valence-electron chi connectivity index (χ4n) is 1.79. The summed E-state index contributed by atoms with van der Waals surface area (Å²) in [6, 6.07) is 1.32. The first-order valence-corrected chi connectivity index (χ1v) is 6.37. The molecule has 0 saturated carbocycles. The van der Waals surface area contributed by atoms with Crippen LogP contribution < -0.4 is 10.9 Å². The Kier molecular flexibility index (Phi) is 4.50. The standard InChI is InChI=1S/C15H16N4O2/c1-3-4-5-6-11(2)8-17-13-7-14(20)19(21)15-12(13)9-16-10-18-15/h3-7,9-10,17,21H,1,8H2,2H3/b5-4-,11-6+. The highest BCUT2D eigenvalue weighted by Crippen LogP contribution is 2.18. The molecule has 2 aromatic heterocycles. The first-order valence-electron chi connectivity index (χ1n) is 6.37. The Hall–Kier alpha value is -2.89. The Morgan fingerprint density at radius 1 is 1.52 bits per heavy atom. The molecule has 0 atom stereocenters. The summed E-state index contributed by atoms with van der Waals surface area (Å²) >= 11 is 0. The van der Waals surface area contributed by atoms with Crippen molar-refractivity contribution >= 4 is 16.7 Å². The molecule has 0 aromatic carbocycles. The third-order valence-corrected chi connectivity index (χ3v) is 2.84. The monoisotopic (exact) mass is 284 g/mol. The lowest BCUT2D eigenvalue weighted by Gasteiger charge is -2.10. The van der Waals surface area contributed by atoms with Crippen molar-refractivity contribution in [3.63, 3.8) is 0 Å². The van der Waals surface area contributed by atoms with Crippen molar-refractivity contribution in [2.75, 3.05) is 11.9 Å². The molecule has 0 saturated heterocycles. The molecule has 6 heteroatoms. The molecule has 0 bridgehead atoms. The van der Waals surface area contributed by atoms with Crippen molar-refractivity contribution in [3.05, 3.63) is 65.4 Å². The van der Waals surface area contributed by atoms with Gasteiger partial charge in [-0.05, 0) is 6.92 Å². The number of hydrogen-bond acceptors (Lipinski definition) is 5. The molecular formula is C15H16N4O2. The minimum Gasteiger partial charge on any atom is -0.423 e. The van der Waals surface area contributed by atoms with Crippen LogP contribution in [0.15, 0.2) is 59.8 Å². The number of anilines is 1. The average molecular weight is 284 g/mol. The van der Waals surface area contributed by atoms with Crippen LogP contribution in [0.1, 0.15) is 6.92 Å². The van der Waals surface area contributed by atoms with Gasteiger partial charge in [-0.3, -0.25) is 4.79 Å². The number of rotatable bonds is 5. The quantitative estimate of drug-likeness (QED) is 0.649. The van der Waals surface area contributed by atoms with Crippen LogP contribution in [0.2, 0.25) is 0 Å². The van der Waals surface area contributed by atoms with E-state index < -0.39 is 5.56 Å². The van der Waals surface area contributed by atoms with Crippen LogP contribution in [-0.2, 0) is 0 Å². The molecule has 0 spiro atoms. The maximum atomic E-state index is 11.7. The first kappa shape index (κ1) is 14.5. The molecule has 21 heavy (non-hydrogen) atoms. The Balaban J connectivity index is 2.29. The lowest BCUT2D eigenvalue weighted by atomic mass is 10.2. The van der Waals surface area contributed by atoms with Gasteiger partial charge in [0.05, 0.1) is 11.1 Å². The summed E-state index contributed by atoms with van der Waals surface area (Å²) in [5, 5.41) is 13.4. The van der Waals surface area contributed by atoms with E-state index >= 15 is 0 Å². The van der Waals surface area contributed by atoms with Gasteiger partial charge in [-0.25, -0.2) is 9.97 Å². The van der Waals surface area contributed by atoms with Crippen LogP contribution in [0.25, 0.3) is 11.0 Å². The number of hydrogen-bond donors (Lipinski definition) is 2. The van der Waals surface area contributed by atoms with Gasteiger partial charge in [0.15, 0.2) is 5.65 Å². The summed E-state index contributed by atoms with van der Waals surface area (Å²) in [5.41, 5.74) is 1.29. The zero-order valence-corrected chi connectivity index (χ0v) is 11.7. The molecule has 0 aliphatic carbocycles. The van der Waals surface area contributed by atoms with Crippen LogP contribution in [0.5, 0.6) is 0 Å². The molecule has 0 fully saturated rings. The number of aromatic nitrogens is 3. The van der Waals surface area contributed by atoms with Crippen molar-refractivity contribution < 1.29 is 5.21 Å². The van der Waals surface area contributed by atoms with E-state index in [4.69, 9.17) is 0 Å². The highest BCUT2D eigenvalue weighted by Gasteiger charge is 2.08. The maximum absolute atomic E-state index is 11.7. The predicted molar refractivity (Wildman–Crippen MR) is 82.6 cm³/mol. The van der Waals surface area contributed by atoms with Gasteiger partial charge in [-0.15, -0.1) is 4.73 Å². The molecule has 2 N–H and O–H groups in total. The van der Waals surface area contributed by atoms with Gasteiger partial charge in [0.1, 0.15) is 6.33 Å². The molecule has 0 aliphatic heterocycles. The predicted octanol–water partition coefficient (Wildman–Crippen LogP) is 2.13. The smallest absolute Gasteiger partial charge is 0.286 e. The summed E-state index contributed by atoms with van der Waals surface area (Å²) in [4.78, 5) is 19.5. The molecule has 0 amide bonds. The van der Waals surface area contributed by atoms with Gasteiger partial charge in [0.2, 0.25) is 0 Å². The third kappa shape index (κ3) is 3.36. The van der Waals surface area contributed by atoms with Crippen LogP contribution >= 0.6 is 0 Å². The number of allylic oxidation sites excluding steroid dienone is 4. The van der Waals surface area contributed by atoms with Crippen LogP contribution in [0, 0.1) is 0 Å². The molecule has 2 heterocycles. The number of nitrogens with zero attached hydrogens (tertiary/aromatic N) is 3. The van der Waals surface area contributed by atoms with Crippen LogP contribution in [-0.4, -0.2) is 26.5 Å². The van der Waals surface area contributed by atoms with Gasteiger partial charge in [0, 0.05) is 18.8 Å². The van der Waals surface area contributed by atoms with E-state index in [0.29, 0.717) is 22.3 Å². The van der Waals surface area contributed by atoms with Crippen molar-refractivity contribution in [3.8, 4) is 0 Å². The van der Waals surface area contributed by atoms with E-state index in [0.717, 1.165) is 5.57 Å². The Morgan fingerprint density at radius 3 is 3.10 bits per heavy atom. The lowest BCUT2D eigenvalue weighted by Crippen LogP contribution is -2.19. The Morgan fingerprint density at radius 2 is 2.33 bits per heavy atom.